The lowest BCUT2D eigenvalue weighted by Gasteiger charge is -2.30. The van der Waals surface area contributed by atoms with Crippen molar-refractivity contribution in [1.29, 1.82) is 0 Å². The number of hydrogen-bond acceptors (Lipinski definition) is 7. The average Bonchev–Trinajstić information content (AvgIpc) is 3.13. The van der Waals surface area contributed by atoms with Gasteiger partial charge in [-0.1, -0.05) is 0 Å². The number of nitrogens with zero attached hydrogens (tertiary/aromatic N) is 4. The molecule has 4 aromatic rings. The van der Waals surface area contributed by atoms with E-state index in [1.807, 2.05) is 6.92 Å². The van der Waals surface area contributed by atoms with Gasteiger partial charge in [0.2, 0.25) is 0 Å². The van der Waals surface area contributed by atoms with E-state index < -0.39 is 20.8 Å². The number of sulfonamides is 1. The Labute approximate surface area is 180 Å². The molecule has 0 N–H and O–H groups in total. The van der Waals surface area contributed by atoms with Gasteiger partial charge in [0.05, 0.1) is 41.5 Å². The van der Waals surface area contributed by atoms with Crippen molar-refractivity contribution in [3.63, 3.8) is 0 Å². The third kappa shape index (κ3) is 3.21. The van der Waals surface area contributed by atoms with Gasteiger partial charge in [-0.25, -0.2) is 23.4 Å². The molecule has 0 radical (unpaired) electrons. The molecular formula is C20H16N4O3S3. The predicted octanol–water partition coefficient (Wildman–Crippen LogP) is 3.38. The fourth-order valence-corrected chi connectivity index (χ4v) is 7.25. The summed E-state index contributed by atoms with van der Waals surface area (Å²) in [6, 6.07) is 11.8. The van der Waals surface area contributed by atoms with E-state index >= 15 is 0 Å². The van der Waals surface area contributed by atoms with Crippen LogP contribution < -0.4 is 4.31 Å². The third-order valence-corrected chi connectivity index (χ3v) is 8.96. The molecule has 0 spiro atoms. The Kier molecular flexibility index (Phi) is 4.64. The summed E-state index contributed by atoms with van der Waals surface area (Å²) in [5.74, 6) is 0.727. The molecule has 3 heterocycles. The largest absolute Gasteiger partial charge is 0.264 e. The molecular weight excluding hydrogens is 440 g/mol. The molecule has 0 saturated carbocycles. The van der Waals surface area contributed by atoms with E-state index in [0.29, 0.717) is 22.0 Å². The van der Waals surface area contributed by atoms with Crippen molar-refractivity contribution < 1.29 is 12.6 Å². The van der Waals surface area contributed by atoms with Crippen molar-refractivity contribution in [3.05, 3.63) is 59.9 Å². The Hall–Kier alpha value is -2.69. The summed E-state index contributed by atoms with van der Waals surface area (Å²) < 4.78 is 41.8. The molecule has 0 bridgehead atoms. The number of aromatic nitrogens is 3. The molecule has 0 saturated heterocycles. The van der Waals surface area contributed by atoms with E-state index in [1.165, 1.54) is 15.6 Å². The van der Waals surface area contributed by atoms with Crippen LogP contribution >= 0.6 is 11.3 Å². The maximum Gasteiger partial charge on any atom is 0.264 e. The van der Waals surface area contributed by atoms with E-state index in [4.69, 9.17) is 0 Å². The fraction of sp³-hybridized carbons (Fsp3) is 0.150. The summed E-state index contributed by atoms with van der Waals surface area (Å²) in [4.78, 5) is 13.6. The summed E-state index contributed by atoms with van der Waals surface area (Å²) in [7, 11) is -5.11. The van der Waals surface area contributed by atoms with Crippen LogP contribution in [0.2, 0.25) is 0 Å². The van der Waals surface area contributed by atoms with E-state index in [9.17, 15) is 12.6 Å². The first-order valence-corrected chi connectivity index (χ1v) is 12.7. The highest BCUT2D eigenvalue weighted by atomic mass is 32.2. The van der Waals surface area contributed by atoms with Crippen molar-refractivity contribution in [2.45, 2.75) is 16.7 Å². The first kappa shape index (κ1) is 19.3. The summed E-state index contributed by atoms with van der Waals surface area (Å²) in [5, 5.41) is 0.880. The van der Waals surface area contributed by atoms with Crippen LogP contribution in [0, 0.1) is 6.92 Å². The number of hydrogen-bond donors (Lipinski definition) is 0. The molecule has 0 aliphatic carbocycles. The van der Waals surface area contributed by atoms with Crippen LogP contribution in [0.3, 0.4) is 0 Å². The first-order chi connectivity index (χ1) is 14.4. The number of aryl methyl sites for hydroxylation is 1. The van der Waals surface area contributed by atoms with E-state index in [1.54, 1.807) is 54.9 Å². The number of rotatable bonds is 3. The summed E-state index contributed by atoms with van der Waals surface area (Å²) in [5.41, 5.74) is 1.85. The van der Waals surface area contributed by atoms with Gasteiger partial charge in [-0.15, -0.1) is 11.3 Å². The fourth-order valence-electron chi connectivity index (χ4n) is 3.45. The Morgan fingerprint density at radius 1 is 1.10 bits per heavy atom. The minimum atomic E-state index is -3.84. The quantitative estimate of drug-likeness (QED) is 0.469. The molecule has 1 aliphatic rings. The number of fused-ring (bicyclic) bond motifs is 2. The van der Waals surface area contributed by atoms with Crippen molar-refractivity contribution in [1.82, 2.24) is 15.0 Å². The SMILES string of the molecule is Cc1nc2ccc(S(=O)(=O)N3CCS(=O)c4ccc(-c5ncccn5)cc43)cc2s1. The second-order valence-corrected chi connectivity index (χ2v) is 11.4. The normalized spacial score (nSPS) is 16.6. The molecule has 2 aromatic carbocycles. The number of anilines is 1. The van der Waals surface area contributed by atoms with E-state index in [2.05, 4.69) is 15.0 Å². The Morgan fingerprint density at radius 3 is 2.70 bits per heavy atom. The van der Waals surface area contributed by atoms with Crippen molar-refractivity contribution in [2.75, 3.05) is 16.6 Å². The minimum Gasteiger partial charge on any atom is -0.264 e. The highest BCUT2D eigenvalue weighted by molar-refractivity contribution is 7.93. The van der Waals surface area contributed by atoms with Crippen LogP contribution in [-0.2, 0) is 20.8 Å². The molecule has 1 unspecified atom stereocenters. The van der Waals surface area contributed by atoms with Gasteiger partial charge in [-0.3, -0.25) is 8.51 Å². The van der Waals surface area contributed by atoms with Gasteiger partial charge in [0.15, 0.2) is 5.82 Å². The third-order valence-electron chi connectivity index (χ3n) is 4.83. The van der Waals surface area contributed by atoms with Crippen LogP contribution in [0.25, 0.3) is 21.6 Å². The molecule has 7 nitrogen and oxygen atoms in total. The summed E-state index contributed by atoms with van der Waals surface area (Å²) in [6.07, 6.45) is 3.25. The van der Waals surface area contributed by atoms with Gasteiger partial charge in [0.25, 0.3) is 10.0 Å². The van der Waals surface area contributed by atoms with Crippen molar-refractivity contribution >= 4 is 48.1 Å². The van der Waals surface area contributed by atoms with Crippen LogP contribution in [0.1, 0.15) is 5.01 Å². The maximum atomic E-state index is 13.5. The van der Waals surface area contributed by atoms with Gasteiger partial charge in [0.1, 0.15) is 0 Å². The molecule has 30 heavy (non-hydrogen) atoms. The maximum absolute atomic E-state index is 13.5. The second-order valence-electron chi connectivity index (χ2n) is 6.74. The zero-order valence-corrected chi connectivity index (χ0v) is 18.3. The highest BCUT2D eigenvalue weighted by Gasteiger charge is 2.32. The lowest BCUT2D eigenvalue weighted by Crippen LogP contribution is -2.38. The van der Waals surface area contributed by atoms with Crippen LogP contribution in [-0.4, -0.2) is 39.9 Å². The van der Waals surface area contributed by atoms with Gasteiger partial charge >= 0.3 is 0 Å². The molecule has 2 aromatic heterocycles. The second kappa shape index (κ2) is 7.22. The monoisotopic (exact) mass is 456 g/mol. The zero-order valence-electron chi connectivity index (χ0n) is 15.8. The van der Waals surface area contributed by atoms with Gasteiger partial charge in [0, 0.05) is 30.3 Å². The molecule has 152 valence electrons. The van der Waals surface area contributed by atoms with Crippen LogP contribution in [0.4, 0.5) is 5.69 Å². The van der Waals surface area contributed by atoms with E-state index in [-0.39, 0.29) is 17.2 Å². The smallest absolute Gasteiger partial charge is 0.264 e. The Balaban J connectivity index is 1.64. The van der Waals surface area contributed by atoms with Gasteiger partial charge in [-0.2, -0.15) is 0 Å². The summed E-state index contributed by atoms with van der Waals surface area (Å²) in [6.45, 7) is 2.03. The Morgan fingerprint density at radius 2 is 1.90 bits per heavy atom. The summed E-state index contributed by atoms with van der Waals surface area (Å²) >= 11 is 1.46. The molecule has 0 amide bonds. The van der Waals surface area contributed by atoms with Crippen LogP contribution in [0.15, 0.2) is 64.6 Å². The lowest BCUT2D eigenvalue weighted by atomic mass is 10.2. The Bertz CT molecular complexity index is 1400. The average molecular weight is 457 g/mol. The molecule has 5 rings (SSSR count). The molecule has 1 aliphatic heterocycles. The van der Waals surface area contributed by atoms with Crippen molar-refractivity contribution in [2.24, 2.45) is 0 Å². The number of benzene rings is 2. The lowest BCUT2D eigenvalue weighted by molar-refractivity contribution is 0.591. The minimum absolute atomic E-state index is 0.140. The van der Waals surface area contributed by atoms with Crippen molar-refractivity contribution in [3.8, 4) is 11.4 Å². The first-order valence-electron chi connectivity index (χ1n) is 9.13. The zero-order chi connectivity index (χ0) is 20.9. The molecule has 0 fully saturated rings. The van der Waals surface area contributed by atoms with Gasteiger partial charge < -0.3 is 0 Å². The molecule has 10 heteroatoms. The molecule has 1 atom stereocenters. The standard InChI is InChI=1S/C20H16N4O3S3/c1-13-23-16-5-4-15(12-18(16)28-13)30(26,27)24-9-10-29(25)19-6-3-14(11-17(19)24)20-21-7-2-8-22-20/h2-8,11-12H,9-10H2,1H3. The highest BCUT2D eigenvalue weighted by Crippen LogP contribution is 2.36. The predicted molar refractivity (Wildman–Crippen MR) is 118 cm³/mol. The van der Waals surface area contributed by atoms with Crippen LogP contribution in [0.5, 0.6) is 0 Å². The topological polar surface area (TPSA) is 93.1 Å². The van der Waals surface area contributed by atoms with E-state index in [0.717, 1.165) is 15.2 Å². The number of thiazole rings is 1. The van der Waals surface area contributed by atoms with Gasteiger partial charge in [-0.05, 0) is 49.4 Å².